The van der Waals surface area contributed by atoms with Gasteiger partial charge in [0, 0.05) is 29.9 Å². The number of sulfonamides is 1. The van der Waals surface area contributed by atoms with Gasteiger partial charge < -0.3 is 10.1 Å². The standard InChI is InChI=1S/C16H16ClN3O5S/c17-12-2-1-3-13(10-12)18-15-5-4-14(11-16(15)20(21)22)26(23,24)19-6-8-25-9-7-19/h1-5,10-11,18H,6-9H2. The fourth-order valence-electron chi connectivity index (χ4n) is 2.59. The summed E-state index contributed by atoms with van der Waals surface area (Å²) in [7, 11) is -3.81. The van der Waals surface area contributed by atoms with Crippen molar-refractivity contribution in [3.8, 4) is 0 Å². The highest BCUT2D eigenvalue weighted by atomic mass is 35.5. The van der Waals surface area contributed by atoms with Gasteiger partial charge in [0.25, 0.3) is 5.69 Å². The molecule has 1 heterocycles. The Bertz CT molecular complexity index is 929. The van der Waals surface area contributed by atoms with Crippen LogP contribution in [0.1, 0.15) is 0 Å². The third-order valence-corrected chi connectivity index (χ3v) is 6.01. The average molecular weight is 398 g/mol. The minimum absolute atomic E-state index is 0.122. The number of nitrogens with zero attached hydrogens (tertiary/aromatic N) is 2. The van der Waals surface area contributed by atoms with E-state index in [0.717, 1.165) is 6.07 Å². The van der Waals surface area contributed by atoms with Crippen LogP contribution in [0.3, 0.4) is 0 Å². The zero-order chi connectivity index (χ0) is 18.7. The lowest BCUT2D eigenvalue weighted by Gasteiger charge is -2.26. The molecule has 0 saturated carbocycles. The summed E-state index contributed by atoms with van der Waals surface area (Å²) in [6.45, 7) is 1.04. The molecule has 0 spiro atoms. The predicted molar refractivity (Wildman–Crippen MR) is 97.4 cm³/mol. The molecule has 0 radical (unpaired) electrons. The van der Waals surface area contributed by atoms with Crippen LogP contribution in [0.2, 0.25) is 5.02 Å². The zero-order valence-corrected chi connectivity index (χ0v) is 15.2. The third kappa shape index (κ3) is 3.96. The molecule has 8 nitrogen and oxygen atoms in total. The van der Waals surface area contributed by atoms with E-state index in [0.29, 0.717) is 23.9 Å². The van der Waals surface area contributed by atoms with Gasteiger partial charge in [-0.25, -0.2) is 8.42 Å². The summed E-state index contributed by atoms with van der Waals surface area (Å²) in [5.74, 6) is 0. The van der Waals surface area contributed by atoms with E-state index < -0.39 is 14.9 Å². The Labute approximate surface area is 155 Å². The van der Waals surface area contributed by atoms with Gasteiger partial charge in [-0.2, -0.15) is 4.31 Å². The van der Waals surface area contributed by atoms with Crippen molar-refractivity contribution in [1.82, 2.24) is 4.31 Å². The molecule has 0 unspecified atom stereocenters. The van der Waals surface area contributed by atoms with Crippen LogP contribution < -0.4 is 5.32 Å². The molecular formula is C16H16ClN3O5S. The molecule has 0 aromatic heterocycles. The number of nitrogens with one attached hydrogen (secondary N) is 1. The monoisotopic (exact) mass is 397 g/mol. The van der Waals surface area contributed by atoms with Crippen LogP contribution in [-0.2, 0) is 14.8 Å². The van der Waals surface area contributed by atoms with Crippen molar-refractivity contribution in [3.63, 3.8) is 0 Å². The number of benzene rings is 2. The van der Waals surface area contributed by atoms with Gasteiger partial charge in [-0.15, -0.1) is 0 Å². The van der Waals surface area contributed by atoms with Crippen LogP contribution in [0.25, 0.3) is 0 Å². The molecule has 26 heavy (non-hydrogen) atoms. The van der Waals surface area contributed by atoms with Gasteiger partial charge in [-0.3, -0.25) is 10.1 Å². The van der Waals surface area contributed by atoms with Gasteiger partial charge in [-0.1, -0.05) is 17.7 Å². The first-order chi connectivity index (χ1) is 12.4. The Morgan fingerprint density at radius 3 is 2.54 bits per heavy atom. The lowest BCUT2D eigenvalue weighted by molar-refractivity contribution is -0.384. The summed E-state index contributed by atoms with van der Waals surface area (Å²) in [5, 5.41) is 14.8. The molecule has 1 saturated heterocycles. The van der Waals surface area contributed by atoms with E-state index in [-0.39, 0.29) is 29.4 Å². The maximum atomic E-state index is 12.7. The van der Waals surface area contributed by atoms with Crippen molar-refractivity contribution in [2.75, 3.05) is 31.6 Å². The van der Waals surface area contributed by atoms with E-state index in [2.05, 4.69) is 5.32 Å². The van der Waals surface area contributed by atoms with Crippen molar-refractivity contribution >= 4 is 38.7 Å². The lowest BCUT2D eigenvalue weighted by atomic mass is 10.2. The van der Waals surface area contributed by atoms with Gasteiger partial charge >= 0.3 is 0 Å². The van der Waals surface area contributed by atoms with E-state index in [9.17, 15) is 18.5 Å². The van der Waals surface area contributed by atoms with Gasteiger partial charge in [0.15, 0.2) is 0 Å². The number of nitro benzene ring substituents is 1. The Kier molecular flexibility index (Phi) is 5.42. The minimum Gasteiger partial charge on any atom is -0.379 e. The first-order valence-electron chi connectivity index (χ1n) is 7.77. The molecule has 1 fully saturated rings. The zero-order valence-electron chi connectivity index (χ0n) is 13.6. The van der Waals surface area contributed by atoms with E-state index in [4.69, 9.17) is 16.3 Å². The average Bonchev–Trinajstić information content (AvgIpc) is 2.62. The second-order valence-electron chi connectivity index (χ2n) is 5.59. The minimum atomic E-state index is -3.81. The summed E-state index contributed by atoms with van der Waals surface area (Å²) in [4.78, 5) is 10.7. The molecule has 138 valence electrons. The van der Waals surface area contributed by atoms with Crippen molar-refractivity contribution in [1.29, 1.82) is 0 Å². The summed E-state index contributed by atoms with van der Waals surface area (Å²) >= 11 is 5.92. The smallest absolute Gasteiger partial charge is 0.294 e. The lowest BCUT2D eigenvalue weighted by Crippen LogP contribution is -2.40. The summed E-state index contributed by atoms with van der Waals surface area (Å²) in [6, 6.07) is 10.5. The van der Waals surface area contributed by atoms with Crippen LogP contribution >= 0.6 is 11.6 Å². The number of halogens is 1. The van der Waals surface area contributed by atoms with Crippen molar-refractivity contribution in [2.45, 2.75) is 4.90 Å². The van der Waals surface area contributed by atoms with Crippen LogP contribution in [0, 0.1) is 10.1 Å². The van der Waals surface area contributed by atoms with Gasteiger partial charge in [0.1, 0.15) is 5.69 Å². The normalized spacial score (nSPS) is 15.6. The fourth-order valence-corrected chi connectivity index (χ4v) is 4.21. The fraction of sp³-hybridized carbons (Fsp3) is 0.250. The Morgan fingerprint density at radius 2 is 1.88 bits per heavy atom. The molecular weight excluding hydrogens is 382 g/mol. The molecule has 2 aromatic carbocycles. The number of ether oxygens (including phenoxy) is 1. The molecule has 2 aromatic rings. The summed E-state index contributed by atoms with van der Waals surface area (Å²) in [5.41, 5.74) is 0.405. The summed E-state index contributed by atoms with van der Waals surface area (Å²) < 4.78 is 31.8. The third-order valence-electron chi connectivity index (χ3n) is 3.88. The Balaban J connectivity index is 1.95. The number of anilines is 2. The molecule has 1 N–H and O–H groups in total. The number of morpholine rings is 1. The van der Waals surface area contributed by atoms with Crippen molar-refractivity contribution < 1.29 is 18.1 Å². The number of hydrogen-bond donors (Lipinski definition) is 1. The number of hydrogen-bond acceptors (Lipinski definition) is 6. The van der Waals surface area contributed by atoms with Crippen molar-refractivity contribution in [2.24, 2.45) is 0 Å². The second-order valence-corrected chi connectivity index (χ2v) is 7.96. The molecule has 0 atom stereocenters. The van der Waals surface area contributed by atoms with Crippen LogP contribution in [0.5, 0.6) is 0 Å². The maximum absolute atomic E-state index is 12.7. The van der Waals surface area contributed by atoms with E-state index >= 15 is 0 Å². The SMILES string of the molecule is O=[N+]([O-])c1cc(S(=O)(=O)N2CCOCC2)ccc1Nc1cccc(Cl)c1. The number of rotatable bonds is 5. The van der Waals surface area contributed by atoms with Gasteiger partial charge in [0.05, 0.1) is 23.0 Å². The second kappa shape index (κ2) is 7.58. The van der Waals surface area contributed by atoms with Crippen molar-refractivity contribution in [3.05, 3.63) is 57.6 Å². The molecule has 10 heteroatoms. The first kappa shape index (κ1) is 18.6. The predicted octanol–water partition coefficient (Wildman–Crippen LogP) is 3.01. The molecule has 3 rings (SSSR count). The van der Waals surface area contributed by atoms with Crippen LogP contribution in [0.4, 0.5) is 17.1 Å². The first-order valence-corrected chi connectivity index (χ1v) is 9.59. The number of nitro groups is 1. The summed E-state index contributed by atoms with van der Waals surface area (Å²) in [6.07, 6.45) is 0. The Hall–Kier alpha value is -2.20. The van der Waals surface area contributed by atoms with Crippen LogP contribution in [-0.4, -0.2) is 43.9 Å². The Morgan fingerprint density at radius 1 is 1.15 bits per heavy atom. The topological polar surface area (TPSA) is 102 Å². The highest BCUT2D eigenvalue weighted by Gasteiger charge is 2.28. The molecule has 0 amide bonds. The molecule has 0 aliphatic carbocycles. The van der Waals surface area contributed by atoms with Gasteiger partial charge in [-0.05, 0) is 30.3 Å². The van der Waals surface area contributed by atoms with E-state index in [1.165, 1.54) is 16.4 Å². The highest BCUT2D eigenvalue weighted by Crippen LogP contribution is 2.32. The van der Waals surface area contributed by atoms with Crippen LogP contribution in [0.15, 0.2) is 47.4 Å². The van der Waals surface area contributed by atoms with Gasteiger partial charge in [0.2, 0.25) is 10.0 Å². The largest absolute Gasteiger partial charge is 0.379 e. The molecule has 0 bridgehead atoms. The highest BCUT2D eigenvalue weighted by molar-refractivity contribution is 7.89. The quantitative estimate of drug-likeness (QED) is 0.614. The van der Waals surface area contributed by atoms with E-state index in [1.807, 2.05) is 0 Å². The van der Waals surface area contributed by atoms with E-state index in [1.54, 1.807) is 24.3 Å². The molecule has 1 aliphatic rings. The maximum Gasteiger partial charge on any atom is 0.294 e. The molecule has 1 aliphatic heterocycles.